The van der Waals surface area contributed by atoms with E-state index >= 15 is 0 Å². The molecule has 1 aliphatic carbocycles. The monoisotopic (exact) mass is 437 g/mol. The van der Waals surface area contributed by atoms with E-state index in [1.54, 1.807) is 18.0 Å². The number of aromatic nitrogens is 5. The van der Waals surface area contributed by atoms with Crippen LogP contribution in [0.3, 0.4) is 0 Å². The van der Waals surface area contributed by atoms with Gasteiger partial charge in [0.2, 0.25) is 5.95 Å². The Kier molecular flexibility index (Phi) is 6.22. The second-order valence-corrected chi connectivity index (χ2v) is 7.88. The number of anilines is 2. The predicted octanol–water partition coefficient (Wildman–Crippen LogP) is 2.66. The Morgan fingerprint density at radius 3 is 2.97 bits per heavy atom. The Bertz CT molecular complexity index is 1180. The summed E-state index contributed by atoms with van der Waals surface area (Å²) < 4.78 is 13.0. The molecule has 10 nitrogen and oxygen atoms in total. The summed E-state index contributed by atoms with van der Waals surface area (Å²) in [5.74, 6) is 1.67. The molecule has 4 rings (SSSR count). The van der Waals surface area contributed by atoms with Crippen LogP contribution in [0.5, 0.6) is 0 Å². The third-order valence-corrected chi connectivity index (χ3v) is 5.02. The molecular formula is C22H27N7O3. The minimum absolute atomic E-state index is 0.0516. The molecule has 0 aliphatic heterocycles. The Hall–Kier alpha value is -3.66. The fourth-order valence-electron chi connectivity index (χ4n) is 3.46. The highest BCUT2D eigenvalue weighted by atomic mass is 16.5. The van der Waals surface area contributed by atoms with Gasteiger partial charge in [0, 0.05) is 43.3 Å². The van der Waals surface area contributed by atoms with Gasteiger partial charge in [-0.25, -0.2) is 4.68 Å². The Labute approximate surface area is 185 Å². The fraction of sp³-hybridized carbons (Fsp3) is 0.364. The highest BCUT2D eigenvalue weighted by molar-refractivity contribution is 5.82. The fourth-order valence-corrected chi connectivity index (χ4v) is 3.46. The second-order valence-electron chi connectivity index (χ2n) is 7.88. The summed E-state index contributed by atoms with van der Waals surface area (Å²) in [6, 6.07) is 5.98. The summed E-state index contributed by atoms with van der Waals surface area (Å²) in [5.41, 5.74) is 2.78. The number of H-pyrrole nitrogens is 1. The van der Waals surface area contributed by atoms with Gasteiger partial charge in [0.25, 0.3) is 5.91 Å². The van der Waals surface area contributed by atoms with Crippen LogP contribution in [0, 0.1) is 0 Å². The molecule has 10 heteroatoms. The van der Waals surface area contributed by atoms with Gasteiger partial charge < -0.3 is 20.1 Å². The van der Waals surface area contributed by atoms with Crippen LogP contribution >= 0.6 is 0 Å². The summed E-state index contributed by atoms with van der Waals surface area (Å²) in [4.78, 5) is 16.5. The van der Waals surface area contributed by atoms with Crippen LogP contribution in [0.15, 0.2) is 42.3 Å². The molecule has 1 aromatic carbocycles. The molecule has 0 fully saturated rings. The van der Waals surface area contributed by atoms with Gasteiger partial charge in [-0.2, -0.15) is 10.1 Å². The average molecular weight is 438 g/mol. The summed E-state index contributed by atoms with van der Waals surface area (Å²) in [7, 11) is 3.45. The van der Waals surface area contributed by atoms with E-state index in [1.165, 1.54) is 0 Å². The molecule has 2 heterocycles. The molecule has 1 amide bonds. The van der Waals surface area contributed by atoms with Gasteiger partial charge >= 0.3 is 0 Å². The Balaban J connectivity index is 1.47. The minimum Gasteiger partial charge on any atom is -0.485 e. The number of amides is 1. The van der Waals surface area contributed by atoms with Crippen molar-refractivity contribution in [3.8, 4) is 0 Å². The zero-order chi connectivity index (χ0) is 22.7. The van der Waals surface area contributed by atoms with E-state index in [4.69, 9.17) is 9.47 Å². The van der Waals surface area contributed by atoms with Gasteiger partial charge in [-0.15, -0.1) is 5.10 Å². The molecule has 1 aliphatic rings. The third kappa shape index (κ3) is 4.80. The minimum atomic E-state index is -0.314. The standard InChI is InChI=1S/C22H27N7O3/c1-13(2)24-20(30)12-32-18-8-5-14(10-19(18)31-4)21-26-22(29(3)28-21)25-16-6-7-17-15(9-16)11-23-27-17/h5-9,11,13,19H,10,12H2,1-4H3,(H,23,27)(H,24,30)(H,25,26,28). The van der Waals surface area contributed by atoms with Crippen molar-refractivity contribution in [3.05, 3.63) is 48.1 Å². The van der Waals surface area contributed by atoms with Crippen LogP contribution in [0.1, 0.15) is 26.1 Å². The number of carbonyl (C=O) groups is 1. The number of nitrogens with zero attached hydrogens (tertiary/aromatic N) is 4. The highest BCUT2D eigenvalue weighted by Crippen LogP contribution is 2.29. The van der Waals surface area contributed by atoms with Crippen molar-refractivity contribution >= 4 is 34.0 Å². The molecular weight excluding hydrogens is 410 g/mol. The third-order valence-electron chi connectivity index (χ3n) is 5.02. The van der Waals surface area contributed by atoms with E-state index in [2.05, 4.69) is 30.9 Å². The zero-order valence-corrected chi connectivity index (χ0v) is 18.5. The lowest BCUT2D eigenvalue weighted by molar-refractivity contribution is -0.125. The van der Waals surface area contributed by atoms with Crippen LogP contribution < -0.4 is 10.6 Å². The summed E-state index contributed by atoms with van der Waals surface area (Å²) in [6.45, 7) is 3.76. The van der Waals surface area contributed by atoms with Crippen LogP contribution in [-0.2, 0) is 21.3 Å². The molecule has 0 spiro atoms. The van der Waals surface area contributed by atoms with E-state index < -0.39 is 0 Å². The van der Waals surface area contributed by atoms with Gasteiger partial charge in [-0.3, -0.25) is 9.89 Å². The molecule has 0 saturated heterocycles. The van der Waals surface area contributed by atoms with Gasteiger partial charge in [-0.05, 0) is 38.1 Å². The number of rotatable bonds is 8. The summed E-state index contributed by atoms with van der Waals surface area (Å²) in [5, 5.41) is 18.6. The quantitative estimate of drug-likeness (QED) is 0.496. The van der Waals surface area contributed by atoms with Crippen molar-refractivity contribution in [2.24, 2.45) is 7.05 Å². The number of nitrogens with one attached hydrogen (secondary N) is 3. The van der Waals surface area contributed by atoms with E-state index in [0.29, 0.717) is 24.0 Å². The molecule has 1 unspecified atom stereocenters. The van der Waals surface area contributed by atoms with Crippen molar-refractivity contribution in [3.63, 3.8) is 0 Å². The Morgan fingerprint density at radius 1 is 1.34 bits per heavy atom. The van der Waals surface area contributed by atoms with Crippen LogP contribution in [0.2, 0.25) is 0 Å². The maximum atomic E-state index is 11.9. The first-order chi connectivity index (χ1) is 15.4. The van der Waals surface area contributed by atoms with Crippen LogP contribution in [0.25, 0.3) is 16.5 Å². The first-order valence-electron chi connectivity index (χ1n) is 10.4. The smallest absolute Gasteiger partial charge is 0.258 e. The van der Waals surface area contributed by atoms with E-state index in [1.807, 2.05) is 51.2 Å². The largest absolute Gasteiger partial charge is 0.485 e. The second kappa shape index (κ2) is 9.23. The maximum Gasteiger partial charge on any atom is 0.258 e. The van der Waals surface area contributed by atoms with E-state index in [-0.39, 0.29) is 24.7 Å². The molecule has 0 saturated carbocycles. The first-order valence-corrected chi connectivity index (χ1v) is 10.4. The number of ether oxygens (including phenoxy) is 2. The molecule has 2 aromatic heterocycles. The summed E-state index contributed by atoms with van der Waals surface area (Å²) in [6.07, 6.45) is 5.72. The number of aryl methyl sites for hydroxylation is 1. The van der Waals surface area contributed by atoms with Crippen molar-refractivity contribution in [2.75, 3.05) is 19.0 Å². The molecule has 0 radical (unpaired) electrons. The number of carbonyl (C=O) groups excluding carboxylic acids is 1. The molecule has 1 atom stereocenters. The number of allylic oxidation sites excluding steroid dienone is 2. The normalized spacial score (nSPS) is 16.1. The van der Waals surface area contributed by atoms with Gasteiger partial charge in [0.15, 0.2) is 12.4 Å². The molecule has 3 N–H and O–H groups in total. The van der Waals surface area contributed by atoms with Crippen molar-refractivity contribution in [2.45, 2.75) is 32.4 Å². The molecule has 32 heavy (non-hydrogen) atoms. The summed E-state index contributed by atoms with van der Waals surface area (Å²) >= 11 is 0. The number of methoxy groups -OCH3 is 1. The van der Waals surface area contributed by atoms with E-state index in [0.717, 1.165) is 22.2 Å². The lowest BCUT2D eigenvalue weighted by atomic mass is 10.0. The average Bonchev–Trinajstić information content (AvgIpc) is 3.38. The lowest BCUT2D eigenvalue weighted by Crippen LogP contribution is -2.34. The number of benzene rings is 1. The number of hydrogen-bond donors (Lipinski definition) is 3. The van der Waals surface area contributed by atoms with Crippen molar-refractivity contribution in [1.82, 2.24) is 30.3 Å². The lowest BCUT2D eigenvalue weighted by Gasteiger charge is -2.23. The number of hydrogen-bond acceptors (Lipinski definition) is 7. The topological polar surface area (TPSA) is 119 Å². The SMILES string of the molecule is COC1CC(c2nc(Nc3ccc4[nH]ncc4c3)n(C)n2)=CC=C1OCC(=O)NC(C)C. The van der Waals surface area contributed by atoms with Gasteiger partial charge in [0.05, 0.1) is 11.7 Å². The van der Waals surface area contributed by atoms with Gasteiger partial charge in [-0.1, -0.05) is 6.08 Å². The zero-order valence-electron chi connectivity index (χ0n) is 18.5. The molecule has 168 valence electrons. The predicted molar refractivity (Wildman–Crippen MR) is 121 cm³/mol. The molecule has 3 aromatic rings. The maximum absolute atomic E-state index is 11.9. The number of fused-ring (bicyclic) bond motifs is 1. The van der Waals surface area contributed by atoms with Crippen molar-refractivity contribution < 1.29 is 14.3 Å². The Morgan fingerprint density at radius 2 is 2.19 bits per heavy atom. The molecule has 0 bridgehead atoms. The van der Waals surface area contributed by atoms with Crippen molar-refractivity contribution in [1.29, 1.82) is 0 Å². The first kappa shape index (κ1) is 21.6. The van der Waals surface area contributed by atoms with Crippen LogP contribution in [0.4, 0.5) is 11.6 Å². The number of aromatic amines is 1. The van der Waals surface area contributed by atoms with Gasteiger partial charge in [0.1, 0.15) is 11.9 Å². The van der Waals surface area contributed by atoms with Crippen LogP contribution in [-0.4, -0.2) is 56.7 Å². The van der Waals surface area contributed by atoms with E-state index in [9.17, 15) is 4.79 Å². The highest BCUT2D eigenvalue weighted by Gasteiger charge is 2.24.